The number of furan rings is 1. The minimum atomic E-state index is -0.857. The van der Waals surface area contributed by atoms with Crippen molar-refractivity contribution in [1.29, 1.82) is 5.26 Å². The van der Waals surface area contributed by atoms with Gasteiger partial charge in [-0.05, 0) is 48.6 Å². The van der Waals surface area contributed by atoms with E-state index in [1.807, 2.05) is 18.2 Å². The van der Waals surface area contributed by atoms with E-state index < -0.39 is 11.0 Å². The average Bonchev–Trinajstić information content (AvgIpc) is 2.89. The quantitative estimate of drug-likeness (QED) is 0.861. The molecule has 1 aromatic carbocycles. The second-order valence-corrected chi connectivity index (χ2v) is 6.25. The molecule has 4 rings (SSSR count). The maximum Gasteiger partial charge on any atom is 0.134 e. The van der Waals surface area contributed by atoms with E-state index in [4.69, 9.17) is 4.42 Å². The fourth-order valence-electron chi connectivity index (χ4n) is 4.05. The highest BCUT2D eigenvalue weighted by molar-refractivity contribution is 5.81. The second kappa shape index (κ2) is 3.86. The number of nitrogens with zero attached hydrogens (tertiary/aromatic N) is 1. The Balaban J connectivity index is 1.86. The van der Waals surface area contributed by atoms with Gasteiger partial charge in [0.15, 0.2) is 0 Å². The van der Waals surface area contributed by atoms with E-state index in [1.165, 1.54) is 0 Å². The molecular formula is C17H17NO2. The fraction of sp³-hybridized carbons (Fsp3) is 0.471. The molecule has 0 amide bonds. The molecule has 2 aliphatic carbocycles. The average molecular weight is 267 g/mol. The van der Waals surface area contributed by atoms with Gasteiger partial charge in [-0.3, -0.25) is 0 Å². The highest BCUT2D eigenvalue weighted by Gasteiger charge is 2.58. The van der Waals surface area contributed by atoms with Gasteiger partial charge in [-0.2, -0.15) is 5.26 Å². The van der Waals surface area contributed by atoms with Gasteiger partial charge in [0, 0.05) is 5.39 Å². The third kappa shape index (κ3) is 1.32. The van der Waals surface area contributed by atoms with Crippen molar-refractivity contribution in [2.24, 2.45) is 0 Å². The zero-order valence-corrected chi connectivity index (χ0v) is 11.4. The van der Waals surface area contributed by atoms with Crippen LogP contribution in [0.2, 0.25) is 0 Å². The molecule has 3 nitrogen and oxygen atoms in total. The maximum absolute atomic E-state index is 11.1. The fourth-order valence-corrected chi connectivity index (χ4v) is 4.05. The van der Waals surface area contributed by atoms with Gasteiger partial charge in [0.2, 0.25) is 0 Å². The number of benzene rings is 1. The Labute approximate surface area is 117 Å². The zero-order chi connectivity index (χ0) is 13.8. The first-order chi connectivity index (χ1) is 9.68. The van der Waals surface area contributed by atoms with Gasteiger partial charge in [-0.15, -0.1) is 0 Å². The number of rotatable bonds is 1. The van der Waals surface area contributed by atoms with Crippen LogP contribution in [0, 0.1) is 11.3 Å². The summed E-state index contributed by atoms with van der Waals surface area (Å²) in [4.78, 5) is 0. The molecule has 1 N–H and O–H groups in total. The molecule has 3 heteroatoms. The summed E-state index contributed by atoms with van der Waals surface area (Å²) in [5.41, 5.74) is 1.45. The van der Waals surface area contributed by atoms with Crippen LogP contribution in [0.4, 0.5) is 0 Å². The van der Waals surface area contributed by atoms with Crippen molar-refractivity contribution >= 4 is 11.0 Å². The van der Waals surface area contributed by atoms with Crippen molar-refractivity contribution in [1.82, 2.24) is 0 Å². The van der Waals surface area contributed by atoms with E-state index in [1.54, 1.807) is 6.26 Å². The van der Waals surface area contributed by atoms with Crippen LogP contribution in [-0.4, -0.2) is 10.7 Å². The van der Waals surface area contributed by atoms with Crippen LogP contribution in [0.5, 0.6) is 0 Å². The van der Waals surface area contributed by atoms with Crippen molar-refractivity contribution in [2.45, 2.75) is 49.5 Å². The maximum atomic E-state index is 11.1. The lowest BCUT2D eigenvalue weighted by atomic mass is 9.53. The van der Waals surface area contributed by atoms with Gasteiger partial charge < -0.3 is 9.52 Å². The highest BCUT2D eigenvalue weighted by Crippen LogP contribution is 2.54. The molecule has 1 fully saturated rings. The van der Waals surface area contributed by atoms with E-state index in [0.29, 0.717) is 6.42 Å². The van der Waals surface area contributed by atoms with Crippen molar-refractivity contribution in [3.8, 4) is 6.07 Å². The Morgan fingerprint density at radius 3 is 2.75 bits per heavy atom. The first-order valence-electron chi connectivity index (χ1n) is 7.33. The highest BCUT2D eigenvalue weighted by atomic mass is 16.3. The summed E-state index contributed by atoms with van der Waals surface area (Å²) >= 11 is 0. The molecule has 0 saturated heterocycles. The molecule has 102 valence electrons. The standard InChI is InChI=1S/C17H17NO2/c18-11-16(17(19)5-2-1-3-6-17)10-13-9-15-12(4-7-20-15)8-14(13)16/h4,7-9,19H,1-3,5-6,10H2. The van der Waals surface area contributed by atoms with E-state index in [0.717, 1.165) is 54.2 Å². The molecular weight excluding hydrogens is 250 g/mol. The molecule has 0 radical (unpaired) electrons. The summed E-state index contributed by atoms with van der Waals surface area (Å²) in [6, 6.07) is 8.43. The van der Waals surface area contributed by atoms with Crippen molar-refractivity contribution < 1.29 is 9.52 Å². The van der Waals surface area contributed by atoms with Gasteiger partial charge in [-0.1, -0.05) is 19.3 Å². The largest absolute Gasteiger partial charge is 0.464 e. The Hall–Kier alpha value is -1.79. The Morgan fingerprint density at radius 1 is 1.20 bits per heavy atom. The molecule has 2 aliphatic rings. The zero-order valence-electron chi connectivity index (χ0n) is 11.4. The molecule has 0 aliphatic heterocycles. The van der Waals surface area contributed by atoms with Crippen molar-refractivity contribution in [3.05, 3.63) is 35.6 Å². The number of hydrogen-bond acceptors (Lipinski definition) is 3. The van der Waals surface area contributed by atoms with Gasteiger partial charge in [0.05, 0.1) is 17.9 Å². The Morgan fingerprint density at radius 2 is 2.00 bits per heavy atom. The number of nitriles is 1. The van der Waals surface area contributed by atoms with Gasteiger partial charge in [0.25, 0.3) is 0 Å². The third-order valence-corrected chi connectivity index (χ3v) is 5.26. The minimum Gasteiger partial charge on any atom is -0.464 e. The van der Waals surface area contributed by atoms with E-state index in [9.17, 15) is 10.4 Å². The molecule has 0 bridgehead atoms. The van der Waals surface area contributed by atoms with Crippen LogP contribution in [0.1, 0.15) is 43.2 Å². The van der Waals surface area contributed by atoms with Crippen LogP contribution >= 0.6 is 0 Å². The van der Waals surface area contributed by atoms with Crippen molar-refractivity contribution in [3.63, 3.8) is 0 Å². The summed E-state index contributed by atoms with van der Waals surface area (Å²) in [7, 11) is 0. The normalized spacial score (nSPS) is 27.6. The smallest absolute Gasteiger partial charge is 0.134 e. The van der Waals surface area contributed by atoms with Gasteiger partial charge >= 0.3 is 0 Å². The van der Waals surface area contributed by atoms with E-state index in [-0.39, 0.29) is 0 Å². The summed E-state index contributed by atoms with van der Waals surface area (Å²) in [6.45, 7) is 0. The Bertz CT molecular complexity index is 718. The number of fused-ring (bicyclic) bond motifs is 2. The molecule has 1 unspecified atom stereocenters. The summed E-state index contributed by atoms with van der Waals surface area (Å²) in [5, 5.41) is 21.9. The Kier molecular flexibility index (Phi) is 2.32. The molecule has 1 heterocycles. The number of hydrogen-bond donors (Lipinski definition) is 1. The third-order valence-electron chi connectivity index (χ3n) is 5.26. The molecule has 20 heavy (non-hydrogen) atoms. The van der Waals surface area contributed by atoms with Crippen LogP contribution in [0.15, 0.2) is 28.9 Å². The lowest BCUT2D eigenvalue weighted by molar-refractivity contribution is -0.0562. The molecule has 2 aromatic rings. The number of aliphatic hydroxyl groups is 1. The topological polar surface area (TPSA) is 57.2 Å². The monoisotopic (exact) mass is 267 g/mol. The summed E-state index contributed by atoms with van der Waals surface area (Å²) < 4.78 is 5.41. The minimum absolute atomic E-state index is 0.645. The molecule has 1 saturated carbocycles. The van der Waals surface area contributed by atoms with E-state index in [2.05, 4.69) is 6.07 Å². The van der Waals surface area contributed by atoms with Gasteiger partial charge in [0.1, 0.15) is 11.0 Å². The van der Waals surface area contributed by atoms with E-state index >= 15 is 0 Å². The van der Waals surface area contributed by atoms with Crippen molar-refractivity contribution in [2.75, 3.05) is 0 Å². The lowest BCUT2D eigenvalue weighted by Gasteiger charge is -2.51. The first kappa shape index (κ1) is 12.0. The first-order valence-corrected chi connectivity index (χ1v) is 7.33. The summed E-state index contributed by atoms with van der Waals surface area (Å²) in [6.07, 6.45) is 7.00. The molecule has 1 aromatic heterocycles. The van der Waals surface area contributed by atoms with Crippen LogP contribution in [0.3, 0.4) is 0 Å². The lowest BCUT2D eigenvalue weighted by Crippen LogP contribution is -2.58. The van der Waals surface area contributed by atoms with Crippen LogP contribution in [-0.2, 0) is 11.8 Å². The predicted molar refractivity (Wildman–Crippen MR) is 75.2 cm³/mol. The predicted octanol–water partition coefficient (Wildman–Crippen LogP) is 3.45. The van der Waals surface area contributed by atoms with Crippen LogP contribution in [0.25, 0.3) is 11.0 Å². The molecule has 1 atom stereocenters. The summed E-state index contributed by atoms with van der Waals surface area (Å²) in [5.74, 6) is 0. The van der Waals surface area contributed by atoms with Crippen LogP contribution < -0.4 is 0 Å². The SMILES string of the molecule is N#CC1(C2(O)CCCCC2)Cc2cc3occc3cc21. The second-order valence-electron chi connectivity index (χ2n) is 6.25. The molecule has 0 spiro atoms. The van der Waals surface area contributed by atoms with Gasteiger partial charge in [-0.25, -0.2) is 0 Å².